The van der Waals surface area contributed by atoms with Crippen LogP contribution < -0.4 is 0 Å². The number of alkyl halides is 2. The van der Waals surface area contributed by atoms with Crippen LogP contribution in [0.5, 0.6) is 0 Å². The molecular formula is C10H16F2O2. The summed E-state index contributed by atoms with van der Waals surface area (Å²) in [6.07, 6.45) is 1.65. The molecule has 2 rings (SSSR count). The topological polar surface area (TPSA) is 32.8 Å². The Kier molecular flexibility index (Phi) is 2.52. The molecule has 0 aromatic heterocycles. The maximum atomic E-state index is 12.9. The molecule has 1 atom stereocenters. The molecule has 0 bridgehead atoms. The predicted molar refractivity (Wildman–Crippen MR) is 47.3 cm³/mol. The van der Waals surface area contributed by atoms with Crippen molar-refractivity contribution in [3.05, 3.63) is 0 Å². The van der Waals surface area contributed by atoms with E-state index >= 15 is 0 Å². The predicted octanol–water partition coefficient (Wildman–Crippen LogP) is 1.96. The Balaban J connectivity index is 1.93. The SMILES string of the molecule is OCC1(C[C@@H]2CO2)CCC(F)(F)CC1. The standard InChI is InChI=1S/C10H16F2O2/c11-10(12)3-1-9(7-13,2-4-10)5-8-6-14-8/h8,13H,1-7H2/t8-/m1/s1. The smallest absolute Gasteiger partial charge is 0.248 e. The van der Waals surface area contributed by atoms with Crippen LogP contribution in [0.1, 0.15) is 32.1 Å². The van der Waals surface area contributed by atoms with Crippen LogP contribution in [0.2, 0.25) is 0 Å². The molecule has 0 aromatic carbocycles. The first kappa shape index (κ1) is 10.3. The molecule has 1 saturated carbocycles. The molecule has 1 heterocycles. The molecule has 2 nitrogen and oxygen atoms in total. The zero-order valence-electron chi connectivity index (χ0n) is 8.14. The second-order valence-corrected chi connectivity index (χ2v) is 4.67. The van der Waals surface area contributed by atoms with Gasteiger partial charge in [0.25, 0.3) is 0 Å². The van der Waals surface area contributed by atoms with Gasteiger partial charge in [-0.2, -0.15) is 0 Å². The monoisotopic (exact) mass is 206 g/mol. The van der Waals surface area contributed by atoms with E-state index in [1.807, 2.05) is 0 Å². The molecule has 1 N–H and O–H groups in total. The van der Waals surface area contributed by atoms with E-state index in [1.165, 1.54) is 0 Å². The molecule has 1 aliphatic carbocycles. The minimum atomic E-state index is -2.51. The molecule has 14 heavy (non-hydrogen) atoms. The largest absolute Gasteiger partial charge is 0.396 e. The second-order valence-electron chi connectivity index (χ2n) is 4.67. The molecule has 2 aliphatic rings. The summed E-state index contributed by atoms with van der Waals surface area (Å²) in [5, 5.41) is 9.29. The summed E-state index contributed by atoms with van der Waals surface area (Å²) >= 11 is 0. The van der Waals surface area contributed by atoms with Crippen molar-refractivity contribution in [2.45, 2.75) is 44.1 Å². The van der Waals surface area contributed by atoms with Crippen LogP contribution in [0.3, 0.4) is 0 Å². The zero-order valence-corrected chi connectivity index (χ0v) is 8.14. The molecule has 82 valence electrons. The Morgan fingerprint density at radius 3 is 2.21 bits per heavy atom. The van der Waals surface area contributed by atoms with Crippen LogP contribution in [0.25, 0.3) is 0 Å². The summed E-state index contributed by atoms with van der Waals surface area (Å²) in [6.45, 7) is 0.751. The van der Waals surface area contributed by atoms with Gasteiger partial charge in [-0.05, 0) is 24.7 Å². The molecule has 0 amide bonds. The molecule has 0 spiro atoms. The first-order valence-electron chi connectivity index (χ1n) is 5.16. The van der Waals surface area contributed by atoms with Crippen LogP contribution in [-0.4, -0.2) is 30.3 Å². The number of ether oxygens (including phenoxy) is 1. The number of hydrogen-bond acceptors (Lipinski definition) is 2. The van der Waals surface area contributed by atoms with Gasteiger partial charge in [0.1, 0.15) is 0 Å². The van der Waals surface area contributed by atoms with Crippen LogP contribution in [0, 0.1) is 5.41 Å². The highest BCUT2D eigenvalue weighted by atomic mass is 19.3. The summed E-state index contributed by atoms with van der Waals surface area (Å²) < 4.78 is 30.9. The first-order valence-corrected chi connectivity index (χ1v) is 5.16. The second kappa shape index (κ2) is 3.42. The summed E-state index contributed by atoms with van der Waals surface area (Å²) in [5.74, 6) is -2.51. The molecule has 1 aliphatic heterocycles. The number of hydrogen-bond donors (Lipinski definition) is 1. The lowest BCUT2D eigenvalue weighted by molar-refractivity contribution is -0.0817. The Morgan fingerprint density at radius 2 is 1.79 bits per heavy atom. The Morgan fingerprint density at radius 1 is 1.21 bits per heavy atom. The molecule has 4 heteroatoms. The normalized spacial score (nSPS) is 34.1. The number of aliphatic hydroxyl groups excluding tert-OH is 1. The fourth-order valence-electron chi connectivity index (χ4n) is 2.24. The average molecular weight is 206 g/mol. The van der Waals surface area contributed by atoms with E-state index in [0.717, 1.165) is 13.0 Å². The third kappa shape index (κ3) is 2.23. The van der Waals surface area contributed by atoms with E-state index in [9.17, 15) is 13.9 Å². The fourth-order valence-corrected chi connectivity index (χ4v) is 2.24. The van der Waals surface area contributed by atoms with Crippen molar-refractivity contribution in [1.82, 2.24) is 0 Å². The fraction of sp³-hybridized carbons (Fsp3) is 1.00. The minimum Gasteiger partial charge on any atom is -0.396 e. The summed E-state index contributed by atoms with van der Waals surface area (Å²) in [7, 11) is 0. The number of aliphatic hydroxyl groups is 1. The zero-order chi connectivity index (χ0) is 10.2. The molecule has 0 unspecified atom stereocenters. The molecule has 2 fully saturated rings. The number of epoxide rings is 1. The van der Waals surface area contributed by atoms with Crippen molar-refractivity contribution >= 4 is 0 Å². The molecule has 0 aromatic rings. The van der Waals surface area contributed by atoms with Crippen LogP contribution in [-0.2, 0) is 4.74 Å². The summed E-state index contributed by atoms with van der Waals surface area (Å²) in [5.41, 5.74) is -0.289. The molecule has 0 radical (unpaired) electrons. The summed E-state index contributed by atoms with van der Waals surface area (Å²) in [6, 6.07) is 0. The van der Waals surface area contributed by atoms with E-state index in [1.54, 1.807) is 0 Å². The van der Waals surface area contributed by atoms with E-state index in [-0.39, 0.29) is 31.0 Å². The number of halogens is 2. The Hall–Kier alpha value is -0.220. The lowest BCUT2D eigenvalue weighted by Gasteiger charge is -2.38. The van der Waals surface area contributed by atoms with E-state index in [0.29, 0.717) is 12.8 Å². The minimum absolute atomic E-state index is 0.0168. The summed E-state index contributed by atoms with van der Waals surface area (Å²) in [4.78, 5) is 0. The van der Waals surface area contributed by atoms with E-state index < -0.39 is 5.92 Å². The van der Waals surface area contributed by atoms with Gasteiger partial charge in [-0.25, -0.2) is 8.78 Å². The highest BCUT2D eigenvalue weighted by molar-refractivity contribution is 4.92. The van der Waals surface area contributed by atoms with Gasteiger partial charge in [-0.1, -0.05) is 0 Å². The van der Waals surface area contributed by atoms with Crippen molar-refractivity contribution in [2.24, 2.45) is 5.41 Å². The van der Waals surface area contributed by atoms with Gasteiger partial charge in [-0.15, -0.1) is 0 Å². The van der Waals surface area contributed by atoms with Gasteiger partial charge in [0.15, 0.2) is 0 Å². The Labute approximate surface area is 82.3 Å². The highest BCUT2D eigenvalue weighted by Gasteiger charge is 2.45. The van der Waals surface area contributed by atoms with Gasteiger partial charge in [0.2, 0.25) is 5.92 Å². The maximum Gasteiger partial charge on any atom is 0.248 e. The van der Waals surface area contributed by atoms with Crippen molar-refractivity contribution in [1.29, 1.82) is 0 Å². The van der Waals surface area contributed by atoms with Crippen LogP contribution >= 0.6 is 0 Å². The third-order valence-corrected chi connectivity index (χ3v) is 3.44. The molecule has 1 saturated heterocycles. The van der Waals surface area contributed by atoms with Crippen molar-refractivity contribution in [3.63, 3.8) is 0 Å². The number of rotatable bonds is 3. The first-order chi connectivity index (χ1) is 6.55. The van der Waals surface area contributed by atoms with Gasteiger partial charge < -0.3 is 9.84 Å². The Bertz CT molecular complexity index is 204. The maximum absolute atomic E-state index is 12.9. The van der Waals surface area contributed by atoms with Gasteiger partial charge in [0.05, 0.1) is 12.7 Å². The molecular weight excluding hydrogens is 190 g/mol. The lowest BCUT2D eigenvalue weighted by Crippen LogP contribution is -2.36. The van der Waals surface area contributed by atoms with Gasteiger partial charge in [-0.3, -0.25) is 0 Å². The quantitative estimate of drug-likeness (QED) is 0.716. The van der Waals surface area contributed by atoms with Crippen molar-refractivity contribution < 1.29 is 18.6 Å². The van der Waals surface area contributed by atoms with Crippen molar-refractivity contribution in [2.75, 3.05) is 13.2 Å². The van der Waals surface area contributed by atoms with Crippen molar-refractivity contribution in [3.8, 4) is 0 Å². The lowest BCUT2D eigenvalue weighted by atomic mass is 9.70. The average Bonchev–Trinajstić information content (AvgIpc) is 2.93. The van der Waals surface area contributed by atoms with Gasteiger partial charge in [0, 0.05) is 19.4 Å². The third-order valence-electron chi connectivity index (χ3n) is 3.44. The van der Waals surface area contributed by atoms with Gasteiger partial charge >= 0.3 is 0 Å². The van der Waals surface area contributed by atoms with Crippen LogP contribution in [0.15, 0.2) is 0 Å². The van der Waals surface area contributed by atoms with Crippen LogP contribution in [0.4, 0.5) is 8.78 Å². The highest BCUT2D eigenvalue weighted by Crippen LogP contribution is 2.47. The van der Waals surface area contributed by atoms with E-state index in [2.05, 4.69) is 0 Å². The van der Waals surface area contributed by atoms with E-state index in [4.69, 9.17) is 4.74 Å².